The van der Waals surface area contributed by atoms with Gasteiger partial charge in [0.15, 0.2) is 4.67 Å². The van der Waals surface area contributed by atoms with Gasteiger partial charge in [0.25, 0.3) is 0 Å². The number of rotatable bonds is 8. The first-order valence-electron chi connectivity index (χ1n) is 7.52. The van der Waals surface area contributed by atoms with Crippen molar-refractivity contribution in [3.05, 3.63) is 16.5 Å². The van der Waals surface area contributed by atoms with E-state index in [9.17, 15) is 8.42 Å². The van der Waals surface area contributed by atoms with Gasteiger partial charge >= 0.3 is 0 Å². The van der Waals surface area contributed by atoms with E-state index < -0.39 is 10.0 Å². The minimum Gasteiger partial charge on any atom is -0.452 e. The van der Waals surface area contributed by atoms with Crippen LogP contribution in [0.15, 0.2) is 20.0 Å². The molecule has 5 nitrogen and oxygen atoms in total. The number of furan rings is 1. The molecule has 0 bridgehead atoms. The third-order valence-electron chi connectivity index (χ3n) is 3.98. The van der Waals surface area contributed by atoms with Crippen molar-refractivity contribution in [3.63, 3.8) is 0 Å². The molecule has 1 N–H and O–H groups in total. The molecule has 2 aliphatic carbocycles. The molecule has 2 fully saturated rings. The molecule has 1 heterocycles. The first-order valence-corrected chi connectivity index (χ1v) is 9.75. The van der Waals surface area contributed by atoms with E-state index in [4.69, 9.17) is 4.42 Å². The fourth-order valence-corrected chi connectivity index (χ4v) is 4.80. The summed E-state index contributed by atoms with van der Waals surface area (Å²) in [6, 6.07) is 2.21. The second kappa shape index (κ2) is 6.02. The quantitative estimate of drug-likeness (QED) is 0.757. The summed E-state index contributed by atoms with van der Waals surface area (Å²) in [7, 11) is -3.47. The van der Waals surface area contributed by atoms with Gasteiger partial charge in [0.1, 0.15) is 10.7 Å². The molecule has 0 radical (unpaired) electrons. The second-order valence-corrected chi connectivity index (χ2v) is 8.53. The number of nitrogens with one attached hydrogen (secondary N) is 1. The van der Waals surface area contributed by atoms with E-state index in [1.807, 2.05) is 6.92 Å². The Morgan fingerprint density at radius 1 is 1.38 bits per heavy atom. The van der Waals surface area contributed by atoms with Crippen LogP contribution in [-0.2, 0) is 16.6 Å². The largest absolute Gasteiger partial charge is 0.452 e. The SMILES string of the molecule is CCN(CC1CC1)S(=O)(=O)c1cc(CNC2CC2)oc1Br. The molecule has 0 aliphatic heterocycles. The van der Waals surface area contributed by atoms with Gasteiger partial charge in [-0.2, -0.15) is 4.31 Å². The van der Waals surface area contributed by atoms with E-state index in [0.29, 0.717) is 42.0 Å². The summed E-state index contributed by atoms with van der Waals surface area (Å²) in [6.07, 6.45) is 4.65. The summed E-state index contributed by atoms with van der Waals surface area (Å²) in [5.41, 5.74) is 0. The Morgan fingerprint density at radius 3 is 2.67 bits per heavy atom. The van der Waals surface area contributed by atoms with Crippen molar-refractivity contribution in [2.45, 2.75) is 50.1 Å². The fourth-order valence-electron chi connectivity index (χ4n) is 2.32. The summed E-state index contributed by atoms with van der Waals surface area (Å²) in [5, 5.41) is 3.33. The van der Waals surface area contributed by atoms with Crippen LogP contribution in [0.25, 0.3) is 0 Å². The van der Waals surface area contributed by atoms with Crippen molar-refractivity contribution in [2.75, 3.05) is 13.1 Å². The predicted molar refractivity (Wildman–Crippen MR) is 83.4 cm³/mol. The molecule has 118 valence electrons. The Hall–Kier alpha value is -0.370. The highest BCUT2D eigenvalue weighted by atomic mass is 79.9. The Bertz CT molecular complexity index is 606. The van der Waals surface area contributed by atoms with E-state index in [2.05, 4.69) is 21.2 Å². The van der Waals surface area contributed by atoms with Crippen molar-refractivity contribution < 1.29 is 12.8 Å². The van der Waals surface area contributed by atoms with Gasteiger partial charge in [-0.3, -0.25) is 0 Å². The Morgan fingerprint density at radius 2 is 2.10 bits per heavy atom. The Labute approximate surface area is 134 Å². The van der Waals surface area contributed by atoms with Gasteiger partial charge in [-0.15, -0.1) is 0 Å². The zero-order valence-corrected chi connectivity index (χ0v) is 14.5. The maximum atomic E-state index is 12.7. The third-order valence-corrected chi connectivity index (χ3v) is 6.78. The lowest BCUT2D eigenvalue weighted by Crippen LogP contribution is -2.32. The van der Waals surface area contributed by atoms with E-state index in [-0.39, 0.29) is 4.90 Å². The van der Waals surface area contributed by atoms with Crippen molar-refractivity contribution in [3.8, 4) is 0 Å². The molecule has 2 saturated carbocycles. The van der Waals surface area contributed by atoms with Gasteiger partial charge in [0, 0.05) is 25.2 Å². The number of hydrogen-bond acceptors (Lipinski definition) is 4. The molecular formula is C14H21BrN2O3S. The van der Waals surface area contributed by atoms with Gasteiger partial charge in [0.05, 0.1) is 6.54 Å². The minimum absolute atomic E-state index is 0.248. The lowest BCUT2D eigenvalue weighted by Gasteiger charge is -2.19. The lowest BCUT2D eigenvalue weighted by atomic mass is 10.4. The second-order valence-electron chi connectivity index (χ2n) is 5.90. The number of sulfonamides is 1. The fraction of sp³-hybridized carbons (Fsp3) is 0.714. The van der Waals surface area contributed by atoms with Crippen LogP contribution in [0.3, 0.4) is 0 Å². The predicted octanol–water partition coefficient (Wildman–Crippen LogP) is 2.71. The molecule has 0 amide bonds. The van der Waals surface area contributed by atoms with Crippen molar-refractivity contribution >= 4 is 26.0 Å². The van der Waals surface area contributed by atoms with Crippen LogP contribution < -0.4 is 5.32 Å². The van der Waals surface area contributed by atoms with Crippen LogP contribution >= 0.6 is 15.9 Å². The minimum atomic E-state index is -3.47. The first kappa shape index (κ1) is 15.5. The number of nitrogens with zero attached hydrogens (tertiary/aromatic N) is 1. The third kappa shape index (κ3) is 3.70. The monoisotopic (exact) mass is 376 g/mol. The van der Waals surface area contributed by atoms with Crippen LogP contribution in [0.4, 0.5) is 0 Å². The van der Waals surface area contributed by atoms with E-state index in [1.165, 1.54) is 12.8 Å². The van der Waals surface area contributed by atoms with E-state index in [0.717, 1.165) is 12.8 Å². The topological polar surface area (TPSA) is 62.6 Å². The summed E-state index contributed by atoms with van der Waals surface area (Å²) in [6.45, 7) is 3.56. The van der Waals surface area contributed by atoms with Gasteiger partial charge in [-0.05, 0) is 47.5 Å². The average molecular weight is 377 g/mol. The zero-order chi connectivity index (χ0) is 15.0. The molecule has 0 atom stereocenters. The molecule has 7 heteroatoms. The van der Waals surface area contributed by atoms with Crippen molar-refractivity contribution in [2.24, 2.45) is 5.92 Å². The first-order chi connectivity index (χ1) is 10.0. The van der Waals surface area contributed by atoms with Crippen molar-refractivity contribution in [1.29, 1.82) is 0 Å². The van der Waals surface area contributed by atoms with E-state index in [1.54, 1.807) is 10.4 Å². The summed E-state index contributed by atoms with van der Waals surface area (Å²) < 4.78 is 32.9. The lowest BCUT2D eigenvalue weighted by molar-refractivity contribution is 0.409. The molecule has 2 aliphatic rings. The molecule has 0 spiro atoms. The van der Waals surface area contributed by atoms with Gasteiger partial charge in [0.2, 0.25) is 10.0 Å². The molecule has 1 aromatic heterocycles. The van der Waals surface area contributed by atoms with Crippen LogP contribution in [-0.4, -0.2) is 31.9 Å². The molecule has 0 unspecified atom stereocenters. The van der Waals surface area contributed by atoms with Gasteiger partial charge < -0.3 is 9.73 Å². The smallest absolute Gasteiger partial charge is 0.247 e. The Balaban J connectivity index is 1.75. The standard InChI is InChI=1S/C14H21BrN2O3S/c1-2-17(9-10-3-4-10)21(18,19)13-7-12(20-14(13)15)8-16-11-5-6-11/h7,10-11,16H,2-6,8-9H2,1H3. The van der Waals surface area contributed by atoms with E-state index >= 15 is 0 Å². The number of hydrogen-bond donors (Lipinski definition) is 1. The van der Waals surface area contributed by atoms with Crippen LogP contribution in [0.5, 0.6) is 0 Å². The summed E-state index contributed by atoms with van der Waals surface area (Å²) in [5.74, 6) is 1.19. The van der Waals surface area contributed by atoms with Crippen LogP contribution in [0.1, 0.15) is 38.4 Å². The zero-order valence-electron chi connectivity index (χ0n) is 12.1. The highest BCUT2D eigenvalue weighted by Crippen LogP contribution is 2.34. The average Bonchev–Trinajstić information content (AvgIpc) is 3.34. The number of halogens is 1. The van der Waals surface area contributed by atoms with Crippen molar-refractivity contribution in [1.82, 2.24) is 9.62 Å². The highest BCUT2D eigenvalue weighted by molar-refractivity contribution is 9.10. The van der Waals surface area contributed by atoms with Gasteiger partial charge in [-0.1, -0.05) is 6.92 Å². The molecule has 0 saturated heterocycles. The maximum absolute atomic E-state index is 12.7. The van der Waals surface area contributed by atoms with Gasteiger partial charge in [-0.25, -0.2) is 8.42 Å². The maximum Gasteiger partial charge on any atom is 0.247 e. The molecule has 3 rings (SSSR count). The van der Waals surface area contributed by atoms with Crippen LogP contribution in [0, 0.1) is 5.92 Å². The van der Waals surface area contributed by atoms with Crippen LogP contribution in [0.2, 0.25) is 0 Å². The molecule has 21 heavy (non-hydrogen) atoms. The molecular weight excluding hydrogens is 356 g/mol. The molecule has 0 aromatic carbocycles. The summed E-state index contributed by atoms with van der Waals surface area (Å²) >= 11 is 3.25. The Kier molecular flexibility index (Phi) is 4.45. The molecule has 1 aromatic rings. The normalized spacial score (nSPS) is 19.4. The summed E-state index contributed by atoms with van der Waals surface area (Å²) in [4.78, 5) is 0.248. The highest BCUT2D eigenvalue weighted by Gasteiger charge is 2.33.